The van der Waals surface area contributed by atoms with Gasteiger partial charge in [-0.15, -0.1) is 0 Å². The van der Waals surface area contributed by atoms with Gasteiger partial charge in [0.2, 0.25) is 0 Å². The fraction of sp³-hybridized carbons (Fsp3) is 1.00. The van der Waals surface area contributed by atoms with Gasteiger partial charge in [-0.3, -0.25) is 0 Å². The van der Waals surface area contributed by atoms with Crippen LogP contribution in [0, 0.1) is 5.92 Å². The average Bonchev–Trinajstić information content (AvgIpc) is 2.46. The molecule has 0 bridgehead atoms. The zero-order chi connectivity index (χ0) is 14.9. The second-order valence-corrected chi connectivity index (χ2v) is 6.56. The molecule has 2 N–H and O–H groups in total. The molecular formula is C19H41N. The summed E-state index contributed by atoms with van der Waals surface area (Å²) in [6.07, 6.45) is 21.2. The summed E-state index contributed by atoms with van der Waals surface area (Å²) in [6, 6.07) is 0. The number of hydrogen-bond acceptors (Lipinski definition) is 1. The summed E-state index contributed by atoms with van der Waals surface area (Å²) < 4.78 is 0. The first-order chi connectivity index (χ1) is 9.85. The predicted octanol–water partition coefficient (Wildman–Crippen LogP) is 6.45. The Balaban J connectivity index is 3.62. The first-order valence-corrected chi connectivity index (χ1v) is 9.55. The van der Waals surface area contributed by atoms with Crippen molar-refractivity contribution >= 4 is 0 Å². The Morgan fingerprint density at radius 1 is 0.550 bits per heavy atom. The van der Waals surface area contributed by atoms with E-state index in [9.17, 15) is 0 Å². The SMILES string of the molecule is CCCCCCCCC(CCCCN)CCCCCC. The van der Waals surface area contributed by atoms with E-state index in [2.05, 4.69) is 13.8 Å². The Kier molecular flexibility index (Phi) is 17.0. The third-order valence-electron chi connectivity index (χ3n) is 4.50. The number of nitrogens with two attached hydrogens (primary N) is 1. The molecule has 0 saturated carbocycles. The van der Waals surface area contributed by atoms with Crippen molar-refractivity contribution in [1.82, 2.24) is 0 Å². The minimum atomic E-state index is 0.875. The second kappa shape index (κ2) is 17.0. The molecule has 1 atom stereocenters. The Labute approximate surface area is 129 Å². The largest absolute Gasteiger partial charge is 0.330 e. The lowest BCUT2D eigenvalue weighted by Gasteiger charge is -2.16. The van der Waals surface area contributed by atoms with E-state index in [1.165, 1.54) is 96.3 Å². The summed E-state index contributed by atoms with van der Waals surface area (Å²) in [5.41, 5.74) is 5.62. The summed E-state index contributed by atoms with van der Waals surface area (Å²) in [4.78, 5) is 0. The fourth-order valence-corrected chi connectivity index (χ4v) is 3.08. The maximum atomic E-state index is 5.62. The first kappa shape index (κ1) is 20.0. The van der Waals surface area contributed by atoms with E-state index in [1.807, 2.05) is 0 Å². The van der Waals surface area contributed by atoms with Crippen LogP contribution in [0.3, 0.4) is 0 Å². The van der Waals surface area contributed by atoms with Crippen LogP contribution >= 0.6 is 0 Å². The number of rotatable bonds is 16. The van der Waals surface area contributed by atoms with Gasteiger partial charge in [0.1, 0.15) is 0 Å². The van der Waals surface area contributed by atoms with Gasteiger partial charge in [-0.2, -0.15) is 0 Å². The minimum absolute atomic E-state index is 0.875. The third-order valence-corrected chi connectivity index (χ3v) is 4.50. The molecule has 0 fully saturated rings. The zero-order valence-electron chi connectivity index (χ0n) is 14.5. The predicted molar refractivity (Wildman–Crippen MR) is 93.1 cm³/mol. The molecule has 0 rings (SSSR count). The first-order valence-electron chi connectivity index (χ1n) is 9.55. The molecule has 0 amide bonds. The molecule has 1 nitrogen and oxygen atoms in total. The zero-order valence-corrected chi connectivity index (χ0v) is 14.5. The van der Waals surface area contributed by atoms with Gasteiger partial charge in [0.25, 0.3) is 0 Å². The van der Waals surface area contributed by atoms with E-state index in [1.54, 1.807) is 0 Å². The van der Waals surface area contributed by atoms with Crippen LogP contribution in [0.5, 0.6) is 0 Å². The molecule has 0 spiro atoms. The van der Waals surface area contributed by atoms with Crippen molar-refractivity contribution < 1.29 is 0 Å². The molecule has 0 aromatic heterocycles. The van der Waals surface area contributed by atoms with Crippen LogP contribution in [0.4, 0.5) is 0 Å². The molecule has 122 valence electrons. The Bertz CT molecular complexity index is 167. The molecule has 0 aliphatic heterocycles. The van der Waals surface area contributed by atoms with Gasteiger partial charge in [0, 0.05) is 0 Å². The molecule has 20 heavy (non-hydrogen) atoms. The highest BCUT2D eigenvalue weighted by molar-refractivity contribution is 4.61. The number of hydrogen-bond donors (Lipinski definition) is 1. The molecular weight excluding hydrogens is 242 g/mol. The van der Waals surface area contributed by atoms with E-state index in [-0.39, 0.29) is 0 Å². The summed E-state index contributed by atoms with van der Waals surface area (Å²) in [5, 5.41) is 0. The molecule has 0 aromatic rings. The van der Waals surface area contributed by atoms with Crippen LogP contribution in [0.15, 0.2) is 0 Å². The lowest BCUT2D eigenvalue weighted by molar-refractivity contribution is 0.370. The standard InChI is InChI=1S/C19H41N/c1-3-5-7-9-10-12-16-19(17-13-14-18-20)15-11-8-6-4-2/h19H,3-18,20H2,1-2H3. The van der Waals surface area contributed by atoms with Gasteiger partial charge in [-0.1, -0.05) is 104 Å². The molecule has 0 aliphatic rings. The van der Waals surface area contributed by atoms with E-state index in [0.717, 1.165) is 12.5 Å². The molecule has 0 radical (unpaired) electrons. The molecule has 0 aromatic carbocycles. The van der Waals surface area contributed by atoms with Gasteiger partial charge < -0.3 is 5.73 Å². The van der Waals surface area contributed by atoms with Crippen molar-refractivity contribution in [3.8, 4) is 0 Å². The van der Waals surface area contributed by atoms with Crippen LogP contribution in [0.25, 0.3) is 0 Å². The highest BCUT2D eigenvalue weighted by atomic mass is 14.5. The van der Waals surface area contributed by atoms with Gasteiger partial charge in [-0.25, -0.2) is 0 Å². The quantitative estimate of drug-likeness (QED) is 0.323. The van der Waals surface area contributed by atoms with Crippen LogP contribution in [0.1, 0.15) is 110 Å². The molecule has 1 heteroatoms. The molecule has 0 aliphatic carbocycles. The summed E-state index contributed by atoms with van der Waals surface area (Å²) in [5.74, 6) is 0.990. The highest BCUT2D eigenvalue weighted by Gasteiger charge is 2.08. The summed E-state index contributed by atoms with van der Waals surface area (Å²) in [6.45, 7) is 5.47. The van der Waals surface area contributed by atoms with E-state index in [4.69, 9.17) is 5.73 Å². The maximum Gasteiger partial charge on any atom is -0.00773 e. The Morgan fingerprint density at radius 3 is 1.45 bits per heavy atom. The summed E-state index contributed by atoms with van der Waals surface area (Å²) >= 11 is 0. The van der Waals surface area contributed by atoms with Crippen LogP contribution < -0.4 is 5.73 Å². The van der Waals surface area contributed by atoms with Gasteiger partial charge >= 0.3 is 0 Å². The van der Waals surface area contributed by atoms with Crippen LogP contribution in [-0.4, -0.2) is 6.54 Å². The molecule has 1 unspecified atom stereocenters. The van der Waals surface area contributed by atoms with E-state index >= 15 is 0 Å². The van der Waals surface area contributed by atoms with Crippen LogP contribution in [0.2, 0.25) is 0 Å². The van der Waals surface area contributed by atoms with Crippen LogP contribution in [-0.2, 0) is 0 Å². The normalized spacial score (nSPS) is 12.8. The maximum absolute atomic E-state index is 5.62. The smallest absolute Gasteiger partial charge is 0.00773 e. The number of unbranched alkanes of at least 4 members (excludes halogenated alkanes) is 9. The van der Waals surface area contributed by atoms with Crippen molar-refractivity contribution in [3.05, 3.63) is 0 Å². The summed E-state index contributed by atoms with van der Waals surface area (Å²) in [7, 11) is 0. The van der Waals surface area contributed by atoms with Gasteiger partial charge in [0.05, 0.1) is 0 Å². The van der Waals surface area contributed by atoms with Gasteiger partial charge in [-0.05, 0) is 18.9 Å². The minimum Gasteiger partial charge on any atom is -0.330 e. The lowest BCUT2D eigenvalue weighted by Crippen LogP contribution is -2.04. The highest BCUT2D eigenvalue weighted by Crippen LogP contribution is 2.23. The van der Waals surface area contributed by atoms with Crippen molar-refractivity contribution in [2.75, 3.05) is 6.54 Å². The topological polar surface area (TPSA) is 26.0 Å². The van der Waals surface area contributed by atoms with Gasteiger partial charge in [0.15, 0.2) is 0 Å². The fourth-order valence-electron chi connectivity index (χ4n) is 3.08. The molecule has 0 heterocycles. The monoisotopic (exact) mass is 283 g/mol. The molecule has 0 saturated heterocycles. The Morgan fingerprint density at radius 2 is 0.950 bits per heavy atom. The lowest BCUT2D eigenvalue weighted by atomic mass is 9.90. The van der Waals surface area contributed by atoms with Crippen molar-refractivity contribution in [1.29, 1.82) is 0 Å². The average molecular weight is 284 g/mol. The van der Waals surface area contributed by atoms with E-state index < -0.39 is 0 Å². The van der Waals surface area contributed by atoms with Crippen molar-refractivity contribution in [3.63, 3.8) is 0 Å². The van der Waals surface area contributed by atoms with E-state index in [0.29, 0.717) is 0 Å². The Hall–Kier alpha value is -0.0400. The second-order valence-electron chi connectivity index (χ2n) is 6.56. The van der Waals surface area contributed by atoms with Crippen molar-refractivity contribution in [2.24, 2.45) is 11.7 Å². The third kappa shape index (κ3) is 14.4. The van der Waals surface area contributed by atoms with Crippen molar-refractivity contribution in [2.45, 2.75) is 110 Å².